The molecule has 10 heavy (non-hydrogen) atoms. The van der Waals surface area contributed by atoms with Crippen molar-refractivity contribution in [2.24, 2.45) is 11.1 Å². The normalized spacial score (nSPS) is 50.5. The molecule has 2 fully saturated rings. The van der Waals surface area contributed by atoms with E-state index in [-0.39, 0.29) is 11.9 Å². The quantitative estimate of drug-likeness (QED) is 0.521. The predicted molar refractivity (Wildman–Crippen MR) is 37.2 cm³/mol. The molecule has 1 amide bonds. The van der Waals surface area contributed by atoms with Crippen LogP contribution >= 0.6 is 0 Å². The first kappa shape index (κ1) is 6.16. The van der Waals surface area contributed by atoms with Gasteiger partial charge in [-0.15, -0.1) is 0 Å². The summed E-state index contributed by atoms with van der Waals surface area (Å²) in [5.41, 5.74) is 5.54. The average Bonchev–Trinajstić information content (AvgIpc) is 2.32. The first-order valence-corrected chi connectivity index (χ1v) is 3.67. The molecule has 1 heterocycles. The minimum atomic E-state index is -0.201. The highest BCUT2D eigenvalue weighted by Gasteiger charge is 2.57. The second-order valence-electron chi connectivity index (χ2n) is 3.74. The lowest BCUT2D eigenvalue weighted by Crippen LogP contribution is -2.38. The molecule has 0 radical (unpaired) electrons. The van der Waals surface area contributed by atoms with Gasteiger partial charge in [0, 0.05) is 6.04 Å². The van der Waals surface area contributed by atoms with Crippen LogP contribution in [0.4, 0.5) is 0 Å². The van der Waals surface area contributed by atoms with Crippen molar-refractivity contribution in [3.05, 3.63) is 0 Å². The summed E-state index contributed by atoms with van der Waals surface area (Å²) in [4.78, 5) is 10.7. The Kier molecular flexibility index (Phi) is 0.944. The third-order valence-corrected chi connectivity index (χ3v) is 2.77. The first-order chi connectivity index (χ1) is 4.62. The van der Waals surface area contributed by atoms with Crippen LogP contribution < -0.4 is 11.1 Å². The molecule has 2 rings (SSSR count). The number of rotatable bonds is 1. The molecule has 0 spiro atoms. The molecule has 3 atom stereocenters. The van der Waals surface area contributed by atoms with Crippen LogP contribution in [0.5, 0.6) is 0 Å². The molecule has 3 N–H and O–H groups in total. The van der Waals surface area contributed by atoms with Gasteiger partial charge in [0.25, 0.3) is 0 Å². The van der Waals surface area contributed by atoms with E-state index in [0.717, 1.165) is 6.42 Å². The highest BCUT2D eigenvalue weighted by atomic mass is 16.1. The fraction of sp³-hybridized carbons (Fsp3) is 0.857. The standard InChI is InChI=1S/C7H12N2O/c1-7-2-4(6(8)10)9-5(7)3-7/h4-5,9H,2-3H2,1H3,(H2,8,10). The minimum absolute atomic E-state index is 0.0521. The predicted octanol–water partition coefficient (Wildman–Crippen LogP) is -0.388. The molecular formula is C7H12N2O. The molecule has 1 aliphatic carbocycles. The second-order valence-corrected chi connectivity index (χ2v) is 3.74. The summed E-state index contributed by atoms with van der Waals surface area (Å²) in [6.45, 7) is 2.20. The lowest BCUT2D eigenvalue weighted by atomic mass is 10.0. The van der Waals surface area contributed by atoms with Gasteiger partial charge in [-0.25, -0.2) is 0 Å². The Labute approximate surface area is 60.0 Å². The Morgan fingerprint density at radius 1 is 1.70 bits per heavy atom. The lowest BCUT2D eigenvalue weighted by Gasteiger charge is -2.08. The third-order valence-electron chi connectivity index (χ3n) is 2.77. The van der Waals surface area contributed by atoms with Gasteiger partial charge in [0.15, 0.2) is 0 Å². The van der Waals surface area contributed by atoms with Gasteiger partial charge in [-0.2, -0.15) is 0 Å². The van der Waals surface area contributed by atoms with E-state index in [0.29, 0.717) is 11.5 Å². The van der Waals surface area contributed by atoms with E-state index in [2.05, 4.69) is 12.2 Å². The van der Waals surface area contributed by atoms with E-state index in [1.807, 2.05) is 0 Å². The fourth-order valence-electron chi connectivity index (χ4n) is 1.84. The molecule has 56 valence electrons. The van der Waals surface area contributed by atoms with Crippen LogP contribution in [-0.4, -0.2) is 18.0 Å². The van der Waals surface area contributed by atoms with Crippen LogP contribution in [0.15, 0.2) is 0 Å². The second kappa shape index (κ2) is 1.53. The van der Waals surface area contributed by atoms with Gasteiger partial charge in [0.05, 0.1) is 6.04 Å². The summed E-state index contributed by atoms with van der Waals surface area (Å²) in [5.74, 6) is -0.201. The first-order valence-electron chi connectivity index (χ1n) is 3.67. The lowest BCUT2D eigenvalue weighted by molar-refractivity contribution is -0.119. The van der Waals surface area contributed by atoms with Crippen LogP contribution in [0.2, 0.25) is 0 Å². The smallest absolute Gasteiger partial charge is 0.234 e. The van der Waals surface area contributed by atoms with E-state index >= 15 is 0 Å². The zero-order valence-corrected chi connectivity index (χ0v) is 6.05. The molecule has 1 saturated carbocycles. The maximum atomic E-state index is 10.7. The topological polar surface area (TPSA) is 55.1 Å². The van der Waals surface area contributed by atoms with Crippen LogP contribution in [-0.2, 0) is 4.79 Å². The highest BCUT2D eigenvalue weighted by Crippen LogP contribution is 2.53. The van der Waals surface area contributed by atoms with Crippen LogP contribution in [0.25, 0.3) is 0 Å². The molecule has 3 nitrogen and oxygen atoms in total. The number of primary amides is 1. The zero-order valence-electron chi connectivity index (χ0n) is 6.05. The van der Waals surface area contributed by atoms with Gasteiger partial charge in [-0.1, -0.05) is 6.92 Å². The van der Waals surface area contributed by atoms with Gasteiger partial charge in [-0.05, 0) is 18.3 Å². The Hall–Kier alpha value is -0.570. The van der Waals surface area contributed by atoms with E-state index in [9.17, 15) is 4.79 Å². The summed E-state index contributed by atoms with van der Waals surface area (Å²) in [5, 5.41) is 3.19. The van der Waals surface area contributed by atoms with Crippen molar-refractivity contribution in [2.75, 3.05) is 0 Å². The number of hydrogen-bond donors (Lipinski definition) is 2. The Morgan fingerprint density at radius 2 is 2.40 bits per heavy atom. The highest BCUT2D eigenvalue weighted by molar-refractivity contribution is 5.80. The van der Waals surface area contributed by atoms with Crippen molar-refractivity contribution >= 4 is 5.91 Å². The van der Waals surface area contributed by atoms with E-state index in [4.69, 9.17) is 5.73 Å². The maximum Gasteiger partial charge on any atom is 0.234 e. The van der Waals surface area contributed by atoms with Crippen molar-refractivity contribution < 1.29 is 4.79 Å². The number of nitrogens with two attached hydrogens (primary N) is 1. The van der Waals surface area contributed by atoms with Gasteiger partial charge in [0.1, 0.15) is 0 Å². The number of piperidine rings is 1. The number of carbonyl (C=O) groups excluding carboxylic acids is 1. The summed E-state index contributed by atoms with van der Waals surface area (Å²) in [6.07, 6.45) is 2.16. The monoisotopic (exact) mass is 140 g/mol. The summed E-state index contributed by atoms with van der Waals surface area (Å²) >= 11 is 0. The van der Waals surface area contributed by atoms with E-state index < -0.39 is 0 Å². The number of fused-ring (bicyclic) bond motifs is 1. The van der Waals surface area contributed by atoms with E-state index in [1.165, 1.54) is 6.42 Å². The summed E-state index contributed by atoms with van der Waals surface area (Å²) < 4.78 is 0. The summed E-state index contributed by atoms with van der Waals surface area (Å²) in [6, 6.07) is 0.522. The Morgan fingerprint density at radius 3 is 2.70 bits per heavy atom. The third kappa shape index (κ3) is 0.669. The van der Waals surface area contributed by atoms with Crippen molar-refractivity contribution in [1.29, 1.82) is 0 Å². The fourth-order valence-corrected chi connectivity index (χ4v) is 1.84. The van der Waals surface area contributed by atoms with Crippen LogP contribution in [0, 0.1) is 5.41 Å². The van der Waals surface area contributed by atoms with Crippen molar-refractivity contribution in [3.8, 4) is 0 Å². The van der Waals surface area contributed by atoms with Crippen LogP contribution in [0.1, 0.15) is 19.8 Å². The number of hydrogen-bond acceptors (Lipinski definition) is 2. The zero-order chi connectivity index (χ0) is 7.35. The molecule has 0 aromatic carbocycles. The molecule has 0 aromatic heterocycles. The molecule has 1 aliphatic heterocycles. The Bertz CT molecular complexity index is 192. The number of amides is 1. The minimum Gasteiger partial charge on any atom is -0.368 e. The molecule has 0 aromatic rings. The molecule has 3 unspecified atom stereocenters. The largest absolute Gasteiger partial charge is 0.368 e. The van der Waals surface area contributed by atoms with Gasteiger partial charge >= 0.3 is 0 Å². The Balaban J connectivity index is 2.04. The van der Waals surface area contributed by atoms with E-state index in [1.54, 1.807) is 0 Å². The van der Waals surface area contributed by atoms with Gasteiger partial charge in [0.2, 0.25) is 5.91 Å². The number of carbonyl (C=O) groups is 1. The van der Waals surface area contributed by atoms with Crippen molar-refractivity contribution in [2.45, 2.75) is 31.8 Å². The molecule has 0 bridgehead atoms. The molecule has 1 saturated heterocycles. The molecule has 3 heteroatoms. The molecule has 2 aliphatic rings. The van der Waals surface area contributed by atoms with Gasteiger partial charge < -0.3 is 11.1 Å². The van der Waals surface area contributed by atoms with Gasteiger partial charge in [-0.3, -0.25) is 4.79 Å². The van der Waals surface area contributed by atoms with Crippen molar-refractivity contribution in [1.82, 2.24) is 5.32 Å². The van der Waals surface area contributed by atoms with Crippen molar-refractivity contribution in [3.63, 3.8) is 0 Å². The summed E-state index contributed by atoms with van der Waals surface area (Å²) in [7, 11) is 0. The van der Waals surface area contributed by atoms with Crippen LogP contribution in [0.3, 0.4) is 0 Å². The SMILES string of the molecule is CC12CC(C(N)=O)NC1C2. The maximum absolute atomic E-state index is 10.7. The number of nitrogens with one attached hydrogen (secondary N) is 1. The average molecular weight is 140 g/mol. The molecular weight excluding hydrogens is 128 g/mol.